The smallest absolute Gasteiger partial charge is 0.164 e. The van der Waals surface area contributed by atoms with Crippen molar-refractivity contribution >= 4 is 65.3 Å². The van der Waals surface area contributed by atoms with Crippen LogP contribution in [0.25, 0.3) is 116 Å². The van der Waals surface area contributed by atoms with E-state index in [0.29, 0.717) is 17.5 Å². The number of nitrogens with zero attached hydrogens (tertiary/aromatic N) is 4. The van der Waals surface area contributed by atoms with E-state index in [9.17, 15) is 0 Å². The van der Waals surface area contributed by atoms with Crippen molar-refractivity contribution in [2.24, 2.45) is 0 Å². The van der Waals surface area contributed by atoms with Crippen LogP contribution in [0.3, 0.4) is 0 Å². The standard InChI is InChI=1S/C53H32N4O/c1-2-15-36(16-3-1)51-54-52(37-27-25-35(26-28-37)40-22-12-17-33-13-4-6-18-39(33)40)56-53(55-51)44-31-38(32-48-50(44)43-21-9-11-24-47(43)58-48)57-45-23-10-8-20-42(45)49-41-19-7-5-14-34(41)29-30-46(49)57/h1-32H. The zero-order valence-electron chi connectivity index (χ0n) is 31.2. The number of furan rings is 1. The third-order valence-corrected chi connectivity index (χ3v) is 11.4. The van der Waals surface area contributed by atoms with Gasteiger partial charge in [-0.1, -0.05) is 164 Å². The Labute approximate surface area is 333 Å². The lowest BCUT2D eigenvalue weighted by molar-refractivity contribution is 0.668. The molecule has 0 unspecified atom stereocenters. The molecule has 9 aromatic carbocycles. The van der Waals surface area contributed by atoms with E-state index in [2.05, 4.69) is 156 Å². The predicted molar refractivity (Wildman–Crippen MR) is 238 cm³/mol. The first-order chi connectivity index (χ1) is 28.7. The number of rotatable bonds is 5. The van der Waals surface area contributed by atoms with Crippen LogP contribution < -0.4 is 0 Å². The number of benzene rings is 9. The second kappa shape index (κ2) is 12.8. The second-order valence-corrected chi connectivity index (χ2v) is 14.8. The van der Waals surface area contributed by atoms with Gasteiger partial charge in [0.1, 0.15) is 11.2 Å². The Morgan fingerprint density at radius 2 is 0.948 bits per heavy atom. The van der Waals surface area contributed by atoms with Gasteiger partial charge in [0.25, 0.3) is 0 Å². The molecule has 0 atom stereocenters. The summed E-state index contributed by atoms with van der Waals surface area (Å²) in [6.07, 6.45) is 0. The Balaban J connectivity index is 1.11. The average Bonchev–Trinajstić information content (AvgIpc) is 3.85. The van der Waals surface area contributed by atoms with Gasteiger partial charge in [-0.3, -0.25) is 0 Å². The molecular weight excluding hydrogens is 709 g/mol. The number of para-hydroxylation sites is 2. The molecule has 58 heavy (non-hydrogen) atoms. The summed E-state index contributed by atoms with van der Waals surface area (Å²) >= 11 is 0. The molecule has 12 rings (SSSR count). The van der Waals surface area contributed by atoms with E-state index in [1.165, 1.54) is 37.9 Å². The summed E-state index contributed by atoms with van der Waals surface area (Å²) in [5.41, 5.74) is 9.79. The van der Waals surface area contributed by atoms with E-state index in [1.54, 1.807) is 0 Å². The first-order valence-electron chi connectivity index (χ1n) is 19.5. The Kier molecular flexibility index (Phi) is 7.16. The second-order valence-electron chi connectivity index (χ2n) is 14.8. The molecule has 0 aliphatic carbocycles. The van der Waals surface area contributed by atoms with Crippen LogP contribution in [0.2, 0.25) is 0 Å². The van der Waals surface area contributed by atoms with Crippen molar-refractivity contribution in [1.82, 2.24) is 19.5 Å². The fraction of sp³-hybridized carbons (Fsp3) is 0. The maximum absolute atomic E-state index is 6.68. The summed E-state index contributed by atoms with van der Waals surface area (Å²) < 4.78 is 9.03. The zero-order chi connectivity index (χ0) is 38.2. The lowest BCUT2D eigenvalue weighted by Crippen LogP contribution is -2.01. The molecule has 12 aromatic rings. The maximum atomic E-state index is 6.68. The Morgan fingerprint density at radius 1 is 0.345 bits per heavy atom. The highest BCUT2D eigenvalue weighted by Crippen LogP contribution is 2.42. The molecule has 0 N–H and O–H groups in total. The van der Waals surface area contributed by atoms with Crippen LogP contribution in [0, 0.1) is 0 Å². The lowest BCUT2D eigenvalue weighted by Gasteiger charge is -2.13. The van der Waals surface area contributed by atoms with Gasteiger partial charge < -0.3 is 8.98 Å². The van der Waals surface area contributed by atoms with Crippen molar-refractivity contribution in [3.8, 4) is 51.0 Å². The Morgan fingerprint density at radius 3 is 1.76 bits per heavy atom. The monoisotopic (exact) mass is 740 g/mol. The summed E-state index contributed by atoms with van der Waals surface area (Å²) in [4.78, 5) is 15.7. The Bertz CT molecular complexity index is 3560. The summed E-state index contributed by atoms with van der Waals surface area (Å²) in [6.45, 7) is 0. The molecule has 0 saturated heterocycles. The van der Waals surface area contributed by atoms with Gasteiger partial charge in [0.15, 0.2) is 17.5 Å². The van der Waals surface area contributed by atoms with Crippen LogP contribution in [0.1, 0.15) is 0 Å². The fourth-order valence-electron chi connectivity index (χ4n) is 8.78. The molecule has 0 fully saturated rings. The fourth-order valence-corrected chi connectivity index (χ4v) is 8.78. The van der Waals surface area contributed by atoms with Crippen LogP contribution in [-0.4, -0.2) is 19.5 Å². The molecule has 0 bridgehead atoms. The van der Waals surface area contributed by atoms with E-state index in [0.717, 1.165) is 60.9 Å². The minimum atomic E-state index is 0.576. The van der Waals surface area contributed by atoms with E-state index in [-0.39, 0.29) is 0 Å². The van der Waals surface area contributed by atoms with Crippen molar-refractivity contribution in [1.29, 1.82) is 0 Å². The highest BCUT2D eigenvalue weighted by atomic mass is 16.3. The van der Waals surface area contributed by atoms with Crippen molar-refractivity contribution in [2.45, 2.75) is 0 Å². The topological polar surface area (TPSA) is 56.7 Å². The van der Waals surface area contributed by atoms with Crippen LogP contribution >= 0.6 is 0 Å². The van der Waals surface area contributed by atoms with Gasteiger partial charge in [-0.05, 0) is 56.9 Å². The van der Waals surface area contributed by atoms with Crippen molar-refractivity contribution in [2.75, 3.05) is 0 Å². The number of fused-ring (bicyclic) bond motifs is 9. The van der Waals surface area contributed by atoms with Gasteiger partial charge in [-0.2, -0.15) is 0 Å². The van der Waals surface area contributed by atoms with Crippen LogP contribution in [-0.2, 0) is 0 Å². The molecule has 0 amide bonds. The molecule has 3 heterocycles. The van der Waals surface area contributed by atoms with Gasteiger partial charge in [0.05, 0.1) is 16.7 Å². The summed E-state index contributed by atoms with van der Waals surface area (Å²) in [5.74, 6) is 1.78. The summed E-state index contributed by atoms with van der Waals surface area (Å²) in [6, 6.07) is 68.0. The van der Waals surface area contributed by atoms with Crippen LogP contribution in [0.5, 0.6) is 0 Å². The molecule has 0 radical (unpaired) electrons. The predicted octanol–water partition coefficient (Wildman–Crippen LogP) is 13.8. The lowest BCUT2D eigenvalue weighted by atomic mass is 9.97. The molecule has 5 nitrogen and oxygen atoms in total. The van der Waals surface area contributed by atoms with E-state index < -0.39 is 0 Å². The molecule has 3 aromatic heterocycles. The van der Waals surface area contributed by atoms with Gasteiger partial charge in [-0.15, -0.1) is 0 Å². The van der Waals surface area contributed by atoms with E-state index >= 15 is 0 Å². The first kappa shape index (κ1) is 32.4. The van der Waals surface area contributed by atoms with Gasteiger partial charge in [0.2, 0.25) is 0 Å². The minimum Gasteiger partial charge on any atom is -0.456 e. The largest absolute Gasteiger partial charge is 0.456 e. The molecule has 0 aliphatic heterocycles. The van der Waals surface area contributed by atoms with E-state index in [4.69, 9.17) is 19.4 Å². The Hall–Kier alpha value is -7.89. The van der Waals surface area contributed by atoms with Crippen LogP contribution in [0.4, 0.5) is 0 Å². The molecule has 0 aliphatic rings. The van der Waals surface area contributed by atoms with E-state index in [1.807, 2.05) is 42.5 Å². The molecular formula is C53H32N4O. The molecule has 5 heteroatoms. The van der Waals surface area contributed by atoms with Crippen molar-refractivity contribution < 1.29 is 4.42 Å². The van der Waals surface area contributed by atoms with Gasteiger partial charge in [-0.25, -0.2) is 15.0 Å². The number of hydrogen-bond donors (Lipinski definition) is 0. The first-order valence-corrected chi connectivity index (χ1v) is 19.5. The number of aromatic nitrogens is 4. The van der Waals surface area contributed by atoms with Crippen molar-refractivity contribution in [3.63, 3.8) is 0 Å². The SMILES string of the molecule is c1ccc(-c2nc(-c3ccc(-c4cccc5ccccc45)cc3)nc(-c3cc(-n4c5ccccc5c5c6ccccc6ccc54)cc4oc5ccccc5c34)n2)cc1. The van der Waals surface area contributed by atoms with Crippen molar-refractivity contribution in [3.05, 3.63) is 194 Å². The average molecular weight is 741 g/mol. The minimum absolute atomic E-state index is 0.576. The van der Waals surface area contributed by atoms with Gasteiger partial charge in [0, 0.05) is 44.3 Å². The summed E-state index contributed by atoms with van der Waals surface area (Å²) in [5, 5.41) is 9.26. The normalized spacial score (nSPS) is 11.8. The zero-order valence-corrected chi connectivity index (χ0v) is 31.2. The third-order valence-electron chi connectivity index (χ3n) is 11.4. The number of hydrogen-bond acceptors (Lipinski definition) is 4. The highest BCUT2D eigenvalue weighted by molar-refractivity contribution is 6.21. The summed E-state index contributed by atoms with van der Waals surface area (Å²) in [7, 11) is 0. The molecule has 0 saturated carbocycles. The molecule has 0 spiro atoms. The van der Waals surface area contributed by atoms with Gasteiger partial charge >= 0.3 is 0 Å². The quantitative estimate of drug-likeness (QED) is 0.176. The maximum Gasteiger partial charge on any atom is 0.164 e. The van der Waals surface area contributed by atoms with Crippen LogP contribution in [0.15, 0.2) is 199 Å². The highest BCUT2D eigenvalue weighted by Gasteiger charge is 2.22. The molecule has 270 valence electrons. The third kappa shape index (κ3) is 5.07.